The van der Waals surface area contributed by atoms with Crippen molar-refractivity contribution in [2.75, 3.05) is 26.2 Å². The molecule has 2 aromatic rings. The van der Waals surface area contributed by atoms with Gasteiger partial charge in [-0.2, -0.15) is 4.31 Å². The molecule has 1 aliphatic heterocycles. The zero-order valence-corrected chi connectivity index (χ0v) is 16.0. The second-order valence-corrected chi connectivity index (χ2v) is 9.35. The molecule has 1 amide bonds. The minimum Gasteiger partial charge on any atom is -0.337 e. The van der Waals surface area contributed by atoms with Crippen LogP contribution >= 0.6 is 22.9 Å². The minimum absolute atomic E-state index is 0.0771. The zero-order valence-electron chi connectivity index (χ0n) is 13.6. The van der Waals surface area contributed by atoms with Crippen LogP contribution in [0.2, 0.25) is 4.34 Å². The highest BCUT2D eigenvalue weighted by Gasteiger charge is 2.29. The molecular formula is C17H16ClFN2O3S2. The predicted octanol–water partition coefficient (Wildman–Crippen LogP) is 3.09. The lowest BCUT2D eigenvalue weighted by atomic mass is 10.3. The average Bonchev–Trinajstić information content (AvgIpc) is 3.05. The highest BCUT2D eigenvalue weighted by atomic mass is 35.5. The number of carbonyl (C=O) groups excluding carboxylic acids is 1. The fourth-order valence-electron chi connectivity index (χ4n) is 2.60. The van der Waals surface area contributed by atoms with E-state index < -0.39 is 15.8 Å². The number of rotatable bonds is 4. The second-order valence-electron chi connectivity index (χ2n) is 5.66. The molecule has 0 radical (unpaired) electrons. The Balaban J connectivity index is 1.61. The lowest BCUT2D eigenvalue weighted by Crippen LogP contribution is -2.50. The second kappa shape index (κ2) is 7.87. The number of nitrogens with zero attached hydrogens (tertiary/aromatic N) is 2. The van der Waals surface area contributed by atoms with E-state index in [0.29, 0.717) is 4.34 Å². The molecule has 0 unspecified atom stereocenters. The molecule has 5 nitrogen and oxygen atoms in total. The molecule has 0 atom stereocenters. The standard InChI is InChI=1S/C17H16ClFN2O3S2/c18-16-6-4-14(25-16)5-7-17(22)20-8-10-21(11-9-20)26(23,24)15-3-1-2-13(19)12-15/h1-7,12H,8-11H2/b7-5+. The molecule has 1 fully saturated rings. The van der Waals surface area contributed by atoms with E-state index in [1.165, 1.54) is 39.9 Å². The highest BCUT2D eigenvalue weighted by molar-refractivity contribution is 7.89. The molecule has 138 valence electrons. The fourth-order valence-corrected chi connectivity index (χ4v) is 5.02. The number of carbonyl (C=O) groups is 1. The van der Waals surface area contributed by atoms with Gasteiger partial charge in [0.2, 0.25) is 15.9 Å². The van der Waals surface area contributed by atoms with Gasteiger partial charge in [-0.15, -0.1) is 11.3 Å². The first-order valence-electron chi connectivity index (χ1n) is 7.84. The van der Waals surface area contributed by atoms with Crippen molar-refractivity contribution in [3.63, 3.8) is 0 Å². The molecule has 2 heterocycles. The number of halogens is 2. The Kier molecular flexibility index (Phi) is 5.76. The summed E-state index contributed by atoms with van der Waals surface area (Å²) >= 11 is 7.22. The summed E-state index contributed by atoms with van der Waals surface area (Å²) in [6.07, 6.45) is 3.15. The Morgan fingerprint density at radius 1 is 1.15 bits per heavy atom. The van der Waals surface area contributed by atoms with Crippen LogP contribution in [0.5, 0.6) is 0 Å². The van der Waals surface area contributed by atoms with E-state index in [0.717, 1.165) is 10.9 Å². The SMILES string of the molecule is O=C(/C=C/c1ccc(Cl)s1)N1CCN(S(=O)(=O)c2cccc(F)c2)CC1. The van der Waals surface area contributed by atoms with Crippen LogP contribution in [0.4, 0.5) is 4.39 Å². The Labute approximate surface area is 160 Å². The number of benzene rings is 1. The summed E-state index contributed by atoms with van der Waals surface area (Å²) in [7, 11) is -3.76. The summed E-state index contributed by atoms with van der Waals surface area (Å²) in [5, 5.41) is 0. The molecule has 0 saturated carbocycles. The van der Waals surface area contributed by atoms with Crippen molar-refractivity contribution in [3.05, 3.63) is 57.5 Å². The fraction of sp³-hybridized carbons (Fsp3) is 0.235. The maximum absolute atomic E-state index is 13.3. The van der Waals surface area contributed by atoms with Gasteiger partial charge in [0, 0.05) is 37.1 Å². The molecule has 0 N–H and O–H groups in total. The van der Waals surface area contributed by atoms with Crippen LogP contribution in [0.15, 0.2) is 47.4 Å². The monoisotopic (exact) mass is 414 g/mol. The Bertz CT molecular complexity index is 935. The third-order valence-corrected chi connectivity index (χ3v) is 7.06. The normalized spacial score (nSPS) is 16.3. The van der Waals surface area contributed by atoms with Gasteiger partial charge in [-0.3, -0.25) is 4.79 Å². The maximum Gasteiger partial charge on any atom is 0.246 e. The molecular weight excluding hydrogens is 399 g/mol. The van der Waals surface area contributed by atoms with Crippen molar-refractivity contribution in [2.24, 2.45) is 0 Å². The minimum atomic E-state index is -3.76. The number of thiophene rings is 1. The third kappa shape index (κ3) is 4.32. The van der Waals surface area contributed by atoms with E-state index in [2.05, 4.69) is 0 Å². The van der Waals surface area contributed by atoms with Crippen LogP contribution in [-0.4, -0.2) is 49.7 Å². The van der Waals surface area contributed by atoms with Gasteiger partial charge in [-0.1, -0.05) is 17.7 Å². The Morgan fingerprint density at radius 3 is 2.50 bits per heavy atom. The van der Waals surface area contributed by atoms with Crippen LogP contribution in [0, 0.1) is 5.82 Å². The Hall–Kier alpha value is -1.74. The molecule has 1 aliphatic rings. The van der Waals surface area contributed by atoms with Gasteiger partial charge in [0.05, 0.1) is 9.23 Å². The van der Waals surface area contributed by atoms with Crippen molar-refractivity contribution < 1.29 is 17.6 Å². The topological polar surface area (TPSA) is 57.7 Å². The van der Waals surface area contributed by atoms with E-state index >= 15 is 0 Å². The molecule has 9 heteroatoms. The van der Waals surface area contributed by atoms with Crippen LogP contribution in [-0.2, 0) is 14.8 Å². The summed E-state index contributed by atoms with van der Waals surface area (Å²) in [5.41, 5.74) is 0. The van der Waals surface area contributed by atoms with Gasteiger partial charge in [0.25, 0.3) is 0 Å². The first kappa shape index (κ1) is 19.0. The van der Waals surface area contributed by atoms with E-state index in [4.69, 9.17) is 11.6 Å². The van der Waals surface area contributed by atoms with Gasteiger partial charge >= 0.3 is 0 Å². The molecule has 0 spiro atoms. The first-order chi connectivity index (χ1) is 12.4. The van der Waals surface area contributed by atoms with Crippen LogP contribution < -0.4 is 0 Å². The van der Waals surface area contributed by atoms with Gasteiger partial charge in [-0.25, -0.2) is 12.8 Å². The Morgan fingerprint density at radius 2 is 1.88 bits per heavy atom. The van der Waals surface area contributed by atoms with Gasteiger partial charge in [-0.05, 0) is 36.4 Å². The number of amides is 1. The van der Waals surface area contributed by atoms with Gasteiger partial charge < -0.3 is 4.90 Å². The summed E-state index contributed by atoms with van der Waals surface area (Å²) < 4.78 is 40.3. The van der Waals surface area contributed by atoms with Crippen LogP contribution in [0.25, 0.3) is 6.08 Å². The number of piperazine rings is 1. The van der Waals surface area contributed by atoms with E-state index in [1.807, 2.05) is 6.07 Å². The zero-order chi connectivity index (χ0) is 18.7. The van der Waals surface area contributed by atoms with E-state index in [-0.39, 0.29) is 37.0 Å². The molecule has 1 saturated heterocycles. The lowest BCUT2D eigenvalue weighted by Gasteiger charge is -2.33. The van der Waals surface area contributed by atoms with Crippen molar-refractivity contribution in [2.45, 2.75) is 4.90 Å². The van der Waals surface area contributed by atoms with Crippen LogP contribution in [0.1, 0.15) is 4.88 Å². The predicted molar refractivity (Wildman–Crippen MR) is 100 cm³/mol. The van der Waals surface area contributed by atoms with Crippen molar-refractivity contribution in [1.29, 1.82) is 0 Å². The summed E-state index contributed by atoms with van der Waals surface area (Å²) in [4.78, 5) is 14.6. The molecule has 0 bridgehead atoms. The van der Waals surface area contributed by atoms with E-state index in [9.17, 15) is 17.6 Å². The van der Waals surface area contributed by atoms with Crippen molar-refractivity contribution >= 4 is 44.9 Å². The molecule has 3 rings (SSSR count). The average molecular weight is 415 g/mol. The van der Waals surface area contributed by atoms with Gasteiger partial charge in [0.1, 0.15) is 5.82 Å². The smallest absolute Gasteiger partial charge is 0.246 e. The van der Waals surface area contributed by atoms with Crippen molar-refractivity contribution in [3.8, 4) is 0 Å². The first-order valence-corrected chi connectivity index (χ1v) is 10.5. The summed E-state index contributed by atoms with van der Waals surface area (Å²) in [6.45, 7) is 0.901. The summed E-state index contributed by atoms with van der Waals surface area (Å²) in [6, 6.07) is 8.51. The largest absolute Gasteiger partial charge is 0.337 e. The molecule has 26 heavy (non-hydrogen) atoms. The number of hydrogen-bond acceptors (Lipinski definition) is 4. The highest BCUT2D eigenvalue weighted by Crippen LogP contribution is 2.23. The lowest BCUT2D eigenvalue weighted by molar-refractivity contribution is -0.127. The third-order valence-electron chi connectivity index (χ3n) is 3.97. The number of sulfonamides is 1. The molecule has 1 aromatic heterocycles. The van der Waals surface area contributed by atoms with E-state index in [1.54, 1.807) is 17.0 Å². The maximum atomic E-state index is 13.3. The van der Waals surface area contributed by atoms with Crippen molar-refractivity contribution in [1.82, 2.24) is 9.21 Å². The quantitative estimate of drug-likeness (QED) is 0.722. The molecule has 0 aliphatic carbocycles. The van der Waals surface area contributed by atoms with Crippen LogP contribution in [0.3, 0.4) is 0 Å². The summed E-state index contributed by atoms with van der Waals surface area (Å²) in [5.74, 6) is -0.781. The van der Waals surface area contributed by atoms with Gasteiger partial charge in [0.15, 0.2) is 0 Å². The molecule has 1 aromatic carbocycles. The number of hydrogen-bond donors (Lipinski definition) is 0.